The van der Waals surface area contributed by atoms with E-state index in [1.165, 1.54) is 39.0 Å². The summed E-state index contributed by atoms with van der Waals surface area (Å²) in [5.74, 6) is 0. The monoisotopic (exact) mass is 266 g/mol. The predicted molar refractivity (Wildman–Crippen MR) is 80.1 cm³/mol. The lowest BCUT2D eigenvalue weighted by Gasteiger charge is -2.39. The minimum Gasteiger partial charge on any atom is -0.303 e. The zero-order valence-electron chi connectivity index (χ0n) is 13.1. The predicted octanol–water partition coefficient (Wildman–Crippen LogP) is 1.68. The second-order valence-electron chi connectivity index (χ2n) is 5.99. The molecule has 19 heavy (non-hydrogen) atoms. The molecule has 110 valence electrons. The molecule has 1 rings (SSSR count). The van der Waals surface area contributed by atoms with Crippen molar-refractivity contribution in [3.63, 3.8) is 0 Å². The van der Waals surface area contributed by atoms with Crippen molar-refractivity contribution in [1.82, 2.24) is 15.1 Å². The van der Waals surface area contributed by atoms with Crippen LogP contribution in [0.25, 0.3) is 0 Å². The molecular formula is C15H30N4. The molecule has 1 fully saturated rings. The van der Waals surface area contributed by atoms with E-state index in [1.54, 1.807) is 0 Å². The van der Waals surface area contributed by atoms with Gasteiger partial charge in [-0.1, -0.05) is 6.92 Å². The number of piperazine rings is 1. The summed E-state index contributed by atoms with van der Waals surface area (Å²) in [7, 11) is 4.10. The van der Waals surface area contributed by atoms with Crippen LogP contribution in [0.3, 0.4) is 0 Å². The molecular weight excluding hydrogens is 236 g/mol. The van der Waals surface area contributed by atoms with Crippen molar-refractivity contribution in [3.05, 3.63) is 0 Å². The highest BCUT2D eigenvalue weighted by Gasteiger charge is 2.23. The van der Waals surface area contributed by atoms with Crippen LogP contribution in [-0.2, 0) is 0 Å². The maximum Gasteiger partial charge on any atom is 0.103 e. The smallest absolute Gasteiger partial charge is 0.103 e. The van der Waals surface area contributed by atoms with E-state index in [9.17, 15) is 0 Å². The topological polar surface area (TPSA) is 42.3 Å². The Kier molecular flexibility index (Phi) is 6.78. The Hall–Kier alpha value is -0.630. The first kappa shape index (κ1) is 16.4. The number of rotatable bonds is 7. The van der Waals surface area contributed by atoms with Gasteiger partial charge in [-0.05, 0) is 53.2 Å². The van der Waals surface area contributed by atoms with Gasteiger partial charge >= 0.3 is 0 Å². The number of likely N-dealkylation sites (N-methyl/N-ethyl adjacent to an activating group) is 1. The Morgan fingerprint density at radius 3 is 2.68 bits per heavy atom. The zero-order valence-corrected chi connectivity index (χ0v) is 13.1. The number of nitrogens with one attached hydrogen (secondary N) is 1. The lowest BCUT2D eigenvalue weighted by Crippen LogP contribution is -2.51. The van der Waals surface area contributed by atoms with E-state index in [-0.39, 0.29) is 5.54 Å². The Labute approximate surface area is 118 Å². The average Bonchev–Trinajstić information content (AvgIpc) is 2.45. The van der Waals surface area contributed by atoms with E-state index in [2.05, 4.69) is 35.2 Å². The minimum atomic E-state index is -0.353. The van der Waals surface area contributed by atoms with Gasteiger partial charge < -0.3 is 15.1 Å². The normalized spacial score (nSPS) is 24.9. The zero-order chi connectivity index (χ0) is 14.3. The molecule has 0 bridgehead atoms. The third-order valence-corrected chi connectivity index (χ3v) is 4.53. The Morgan fingerprint density at radius 1 is 1.37 bits per heavy atom. The molecule has 2 unspecified atom stereocenters. The number of unbranched alkanes of at least 4 members (excludes halogenated alkanes) is 1. The minimum absolute atomic E-state index is 0.353. The van der Waals surface area contributed by atoms with Crippen LogP contribution in [0.2, 0.25) is 0 Å². The molecule has 0 radical (unpaired) electrons. The van der Waals surface area contributed by atoms with Crippen LogP contribution in [-0.4, -0.2) is 61.7 Å². The van der Waals surface area contributed by atoms with Gasteiger partial charge in [0.1, 0.15) is 5.54 Å². The van der Waals surface area contributed by atoms with Crippen molar-refractivity contribution >= 4 is 0 Å². The number of hydrogen-bond acceptors (Lipinski definition) is 4. The molecule has 1 aliphatic heterocycles. The first-order valence-corrected chi connectivity index (χ1v) is 7.57. The fraction of sp³-hybridized carbons (Fsp3) is 0.933. The van der Waals surface area contributed by atoms with Crippen LogP contribution in [0.1, 0.15) is 39.5 Å². The molecule has 1 aliphatic rings. The van der Waals surface area contributed by atoms with Crippen LogP contribution < -0.4 is 5.32 Å². The van der Waals surface area contributed by atoms with Crippen molar-refractivity contribution < 1.29 is 0 Å². The summed E-state index contributed by atoms with van der Waals surface area (Å²) in [5, 5.41) is 12.2. The van der Waals surface area contributed by atoms with Gasteiger partial charge in [0.05, 0.1) is 6.07 Å². The first-order chi connectivity index (χ1) is 9.04. The van der Waals surface area contributed by atoms with Crippen molar-refractivity contribution in [2.24, 2.45) is 0 Å². The number of hydrogen-bond donors (Lipinski definition) is 1. The average molecular weight is 266 g/mol. The number of nitrogens with zero attached hydrogens (tertiary/aromatic N) is 3. The van der Waals surface area contributed by atoms with Crippen molar-refractivity contribution in [1.29, 1.82) is 5.26 Å². The van der Waals surface area contributed by atoms with Gasteiger partial charge in [0.15, 0.2) is 0 Å². The summed E-state index contributed by atoms with van der Waals surface area (Å²) in [5.41, 5.74) is -0.353. The van der Waals surface area contributed by atoms with E-state index < -0.39 is 0 Å². The van der Waals surface area contributed by atoms with Crippen molar-refractivity contribution in [2.45, 2.75) is 51.1 Å². The molecule has 1 N–H and O–H groups in total. The van der Waals surface area contributed by atoms with E-state index in [0.29, 0.717) is 0 Å². The highest BCUT2D eigenvalue weighted by molar-refractivity contribution is 5.02. The largest absolute Gasteiger partial charge is 0.303 e. The van der Waals surface area contributed by atoms with E-state index in [0.717, 1.165) is 18.9 Å². The first-order valence-electron chi connectivity index (χ1n) is 7.57. The third-order valence-electron chi connectivity index (χ3n) is 4.53. The summed E-state index contributed by atoms with van der Waals surface area (Å²) in [4.78, 5) is 5.06. The van der Waals surface area contributed by atoms with Crippen molar-refractivity contribution in [2.75, 3.05) is 40.3 Å². The molecule has 1 saturated heterocycles. The van der Waals surface area contributed by atoms with Crippen LogP contribution >= 0.6 is 0 Å². The molecule has 0 spiro atoms. The van der Waals surface area contributed by atoms with Crippen LogP contribution in [0.4, 0.5) is 0 Å². The molecule has 4 nitrogen and oxygen atoms in total. The molecule has 0 amide bonds. The Morgan fingerprint density at radius 2 is 2.11 bits per heavy atom. The third kappa shape index (κ3) is 5.10. The second kappa shape index (κ2) is 7.84. The van der Waals surface area contributed by atoms with Crippen LogP contribution in [0.5, 0.6) is 0 Å². The fourth-order valence-corrected chi connectivity index (χ4v) is 2.71. The lowest BCUT2D eigenvalue weighted by molar-refractivity contribution is 0.0917. The molecule has 0 saturated carbocycles. The van der Waals surface area contributed by atoms with E-state index in [1.807, 2.05) is 14.0 Å². The van der Waals surface area contributed by atoms with Gasteiger partial charge in [-0.2, -0.15) is 5.26 Å². The molecule has 0 aliphatic carbocycles. The second-order valence-corrected chi connectivity index (χ2v) is 5.99. The fourth-order valence-electron chi connectivity index (χ4n) is 2.71. The van der Waals surface area contributed by atoms with Gasteiger partial charge in [0.25, 0.3) is 0 Å². The Balaban J connectivity index is 2.22. The van der Waals surface area contributed by atoms with E-state index in [4.69, 9.17) is 5.26 Å². The van der Waals surface area contributed by atoms with Crippen molar-refractivity contribution in [3.8, 4) is 6.07 Å². The summed E-state index contributed by atoms with van der Waals surface area (Å²) in [6, 6.07) is 3.08. The lowest BCUT2D eigenvalue weighted by atomic mass is 9.97. The van der Waals surface area contributed by atoms with Gasteiger partial charge in [-0.15, -0.1) is 0 Å². The quantitative estimate of drug-likeness (QED) is 0.712. The molecule has 2 atom stereocenters. The molecule has 0 aromatic heterocycles. The summed E-state index contributed by atoms with van der Waals surface area (Å²) < 4.78 is 0. The summed E-state index contributed by atoms with van der Waals surface area (Å²) in [6.45, 7) is 9.01. The van der Waals surface area contributed by atoms with Gasteiger partial charge in [0.2, 0.25) is 0 Å². The highest BCUT2D eigenvalue weighted by Crippen LogP contribution is 2.15. The van der Waals surface area contributed by atoms with Crippen LogP contribution in [0.15, 0.2) is 0 Å². The molecule has 0 aromatic rings. The van der Waals surface area contributed by atoms with Gasteiger partial charge in [-0.3, -0.25) is 0 Å². The number of nitriles is 1. The SMILES string of the molecule is CCC1CN(CCCCC(C)(C#N)NC)CCN1C. The standard InChI is InChI=1S/C15H30N4/c1-5-14-12-19(11-10-18(14)4)9-7-6-8-15(2,13-16)17-3/h14,17H,5-12H2,1-4H3. The van der Waals surface area contributed by atoms with Gasteiger partial charge in [0, 0.05) is 25.7 Å². The molecule has 1 heterocycles. The molecule has 4 heteroatoms. The maximum atomic E-state index is 9.10. The van der Waals surface area contributed by atoms with E-state index >= 15 is 0 Å². The highest BCUT2D eigenvalue weighted by atomic mass is 15.3. The summed E-state index contributed by atoms with van der Waals surface area (Å²) >= 11 is 0. The van der Waals surface area contributed by atoms with Gasteiger partial charge in [-0.25, -0.2) is 0 Å². The van der Waals surface area contributed by atoms with Crippen LogP contribution in [0, 0.1) is 11.3 Å². The molecule has 0 aromatic carbocycles. The Bertz CT molecular complexity index is 299. The maximum absolute atomic E-state index is 9.10. The summed E-state index contributed by atoms with van der Waals surface area (Å²) in [6.07, 6.45) is 4.48.